The zero-order valence-corrected chi connectivity index (χ0v) is 19.3. The number of hydrogen-bond donors (Lipinski definition) is 2. The van der Waals surface area contributed by atoms with E-state index in [1.54, 1.807) is 0 Å². The molecule has 9 heteroatoms. The van der Waals surface area contributed by atoms with Gasteiger partial charge in [-0.15, -0.1) is 0 Å². The standard InChI is InChI=1S/C12H28O4Si.C4H10O.2H2O.Ti/c1-4-7-10-14-17(13,15-11-8-5-2)16-12-9-6-3;1-4(2)3-5;;;/h13H,4-12H2,1-3H3;4-5H,3H2,1-2H3;2*1H2;. The van der Waals surface area contributed by atoms with Gasteiger partial charge in [0.25, 0.3) is 0 Å². The maximum absolute atomic E-state index is 10.2. The average molecular weight is 422 g/mol. The van der Waals surface area contributed by atoms with Crippen LogP contribution in [0.3, 0.4) is 0 Å². The molecule has 0 aliphatic rings. The number of aliphatic hydroxyl groups is 1. The van der Waals surface area contributed by atoms with Crippen molar-refractivity contribution in [3.8, 4) is 0 Å². The molecule has 0 aliphatic carbocycles. The molecule has 156 valence electrons. The number of aliphatic hydroxyl groups excluding tert-OH is 1. The van der Waals surface area contributed by atoms with Crippen LogP contribution < -0.4 is 0 Å². The molecule has 25 heavy (non-hydrogen) atoms. The fourth-order valence-electron chi connectivity index (χ4n) is 1.16. The minimum absolute atomic E-state index is 0. The third-order valence-electron chi connectivity index (χ3n) is 2.71. The van der Waals surface area contributed by atoms with Crippen LogP contribution in [0.1, 0.15) is 73.1 Å². The third kappa shape index (κ3) is 29.7. The Balaban J connectivity index is -0.000000147. The van der Waals surface area contributed by atoms with E-state index in [4.69, 9.17) is 18.4 Å². The molecule has 0 rings (SSSR count). The maximum atomic E-state index is 10.2. The van der Waals surface area contributed by atoms with Gasteiger partial charge in [0, 0.05) is 48.1 Å². The number of rotatable bonds is 13. The molecule has 0 spiro atoms. The van der Waals surface area contributed by atoms with Crippen LogP contribution in [0.4, 0.5) is 0 Å². The molecule has 0 heterocycles. The van der Waals surface area contributed by atoms with Crippen LogP contribution >= 0.6 is 0 Å². The van der Waals surface area contributed by atoms with Crippen molar-refractivity contribution in [2.24, 2.45) is 5.92 Å². The monoisotopic (exact) mass is 422 g/mol. The second-order valence-corrected chi connectivity index (χ2v) is 7.62. The Kier molecular flexibility index (Phi) is 39.3. The Hall–Kier alpha value is 0.651. The first kappa shape index (κ1) is 36.6. The second kappa shape index (κ2) is 26.9. The molecule has 0 aromatic rings. The molecule has 0 bridgehead atoms. The molecular formula is C16H42O7SiTi. The Morgan fingerprint density at radius 3 is 1.16 bits per heavy atom. The van der Waals surface area contributed by atoms with Gasteiger partial charge in [-0.2, -0.15) is 0 Å². The van der Waals surface area contributed by atoms with Crippen LogP contribution in [0.2, 0.25) is 0 Å². The Labute approximate surface area is 170 Å². The van der Waals surface area contributed by atoms with Gasteiger partial charge in [0.15, 0.2) is 0 Å². The Morgan fingerprint density at radius 1 is 0.760 bits per heavy atom. The molecule has 0 unspecified atom stereocenters. The van der Waals surface area contributed by atoms with E-state index in [-0.39, 0.29) is 32.7 Å². The largest absolute Gasteiger partial charge is 0.676 e. The van der Waals surface area contributed by atoms with Crippen molar-refractivity contribution in [1.82, 2.24) is 0 Å². The summed E-state index contributed by atoms with van der Waals surface area (Å²) in [7, 11) is -3.36. The Bertz CT molecular complexity index is 198. The first-order chi connectivity index (χ1) is 10.5. The van der Waals surface area contributed by atoms with E-state index in [2.05, 4.69) is 20.8 Å². The van der Waals surface area contributed by atoms with E-state index >= 15 is 0 Å². The normalized spacial score (nSPS) is 10.1. The van der Waals surface area contributed by atoms with Crippen molar-refractivity contribution < 1.29 is 55.9 Å². The summed E-state index contributed by atoms with van der Waals surface area (Å²) < 4.78 is 16.2. The van der Waals surface area contributed by atoms with E-state index in [0.717, 1.165) is 38.5 Å². The summed E-state index contributed by atoms with van der Waals surface area (Å²) in [5.74, 6) is 0.440. The summed E-state index contributed by atoms with van der Waals surface area (Å²) >= 11 is 0. The molecule has 0 atom stereocenters. The molecule has 0 aliphatic heterocycles. The van der Waals surface area contributed by atoms with Crippen molar-refractivity contribution in [2.45, 2.75) is 73.1 Å². The van der Waals surface area contributed by atoms with Gasteiger partial charge < -0.3 is 34.1 Å². The molecule has 0 aromatic heterocycles. The number of unbranched alkanes of at least 4 members (excludes halogenated alkanes) is 3. The topological polar surface area (TPSA) is 131 Å². The first-order valence-corrected chi connectivity index (χ1v) is 10.4. The zero-order chi connectivity index (χ0) is 17.3. The zero-order valence-electron chi connectivity index (χ0n) is 16.8. The van der Waals surface area contributed by atoms with E-state index in [9.17, 15) is 4.80 Å². The second-order valence-electron chi connectivity index (χ2n) is 5.71. The number of hydrogen-bond acceptors (Lipinski definition) is 5. The van der Waals surface area contributed by atoms with Gasteiger partial charge in [-0.25, -0.2) is 0 Å². The van der Waals surface area contributed by atoms with Crippen molar-refractivity contribution in [2.75, 3.05) is 26.4 Å². The van der Waals surface area contributed by atoms with Gasteiger partial charge >= 0.3 is 9.05 Å². The van der Waals surface area contributed by atoms with Gasteiger partial charge in [0.05, 0.1) is 0 Å². The Morgan fingerprint density at radius 2 is 1.00 bits per heavy atom. The van der Waals surface area contributed by atoms with Crippen LogP contribution in [0.25, 0.3) is 0 Å². The smallest absolute Gasteiger partial charge is 0.412 e. The summed E-state index contributed by atoms with van der Waals surface area (Å²) in [6, 6.07) is 0. The molecule has 0 aromatic carbocycles. The van der Waals surface area contributed by atoms with Crippen molar-refractivity contribution in [3.63, 3.8) is 0 Å². The predicted molar refractivity (Wildman–Crippen MR) is 99.7 cm³/mol. The minimum atomic E-state index is -3.36. The van der Waals surface area contributed by atoms with Crippen molar-refractivity contribution >= 4 is 9.05 Å². The van der Waals surface area contributed by atoms with Crippen LogP contribution in [0.5, 0.6) is 0 Å². The molecule has 0 saturated carbocycles. The molecule has 0 fully saturated rings. The summed E-state index contributed by atoms with van der Waals surface area (Å²) in [5.41, 5.74) is 0. The van der Waals surface area contributed by atoms with E-state index in [1.165, 1.54) is 0 Å². The van der Waals surface area contributed by atoms with Gasteiger partial charge in [-0.05, 0) is 25.2 Å². The quantitative estimate of drug-likeness (QED) is 0.345. The molecule has 7 nitrogen and oxygen atoms in total. The molecular weight excluding hydrogens is 380 g/mol. The SMILES string of the molecule is CC(C)CO.CCCCO[Si](O)(OCCCC)OCCCC.O.O.[Ti]. The molecule has 6 N–H and O–H groups in total. The minimum Gasteiger partial charge on any atom is -0.412 e. The van der Waals surface area contributed by atoms with Gasteiger partial charge in [-0.3, -0.25) is 0 Å². The van der Waals surface area contributed by atoms with Crippen LogP contribution in [-0.4, -0.2) is 56.3 Å². The van der Waals surface area contributed by atoms with E-state index < -0.39 is 9.05 Å². The third-order valence-corrected chi connectivity index (χ3v) is 4.42. The van der Waals surface area contributed by atoms with Crippen molar-refractivity contribution in [3.05, 3.63) is 0 Å². The van der Waals surface area contributed by atoms with Crippen LogP contribution in [0, 0.1) is 5.92 Å². The fraction of sp³-hybridized carbons (Fsp3) is 1.00. The fourth-order valence-corrected chi connectivity index (χ4v) is 2.62. The van der Waals surface area contributed by atoms with Gasteiger partial charge in [0.1, 0.15) is 0 Å². The van der Waals surface area contributed by atoms with Crippen molar-refractivity contribution in [1.29, 1.82) is 0 Å². The summed E-state index contributed by atoms with van der Waals surface area (Å²) in [4.78, 5) is 10.2. The molecule has 0 amide bonds. The molecule has 0 saturated heterocycles. The summed E-state index contributed by atoms with van der Waals surface area (Å²) in [6.07, 6.45) is 5.87. The van der Waals surface area contributed by atoms with Gasteiger partial charge in [0.2, 0.25) is 0 Å². The van der Waals surface area contributed by atoms with Gasteiger partial charge in [-0.1, -0.05) is 53.9 Å². The summed E-state index contributed by atoms with van der Waals surface area (Å²) in [6.45, 7) is 12.0. The average Bonchev–Trinajstić information content (AvgIpc) is 2.49. The van der Waals surface area contributed by atoms with Crippen LogP contribution in [-0.2, 0) is 35.0 Å². The van der Waals surface area contributed by atoms with E-state index in [0.29, 0.717) is 32.3 Å². The summed E-state index contributed by atoms with van der Waals surface area (Å²) in [5, 5.41) is 8.14. The van der Waals surface area contributed by atoms with Crippen LogP contribution in [0.15, 0.2) is 0 Å². The van der Waals surface area contributed by atoms with E-state index in [1.807, 2.05) is 13.8 Å². The molecule has 0 radical (unpaired) electrons. The maximum Gasteiger partial charge on any atom is 0.676 e. The first-order valence-electron chi connectivity index (χ1n) is 8.70. The predicted octanol–water partition coefficient (Wildman–Crippen LogP) is 1.85.